The van der Waals surface area contributed by atoms with Crippen molar-refractivity contribution in [2.24, 2.45) is 5.92 Å². The molecular formula is C13H17NO5S. The standard InChI is InChI=1S/C13H17NO5S/c1-4-5-18-13(17)9-6-20-12-10(11(16)14(9)12)7(2)19-8(3)15/h6-7,10,12H,4-5H2,1-3H3. The smallest absolute Gasteiger partial charge is 0.355 e. The van der Waals surface area contributed by atoms with E-state index in [-0.39, 0.29) is 17.0 Å². The fourth-order valence-corrected chi connectivity index (χ4v) is 3.59. The van der Waals surface area contributed by atoms with Crippen LogP contribution in [-0.4, -0.2) is 40.8 Å². The predicted molar refractivity (Wildman–Crippen MR) is 72.3 cm³/mol. The normalized spacial score (nSPS) is 25.4. The first kappa shape index (κ1) is 14.9. The van der Waals surface area contributed by atoms with Gasteiger partial charge in [-0.15, -0.1) is 11.8 Å². The average Bonchev–Trinajstić information content (AvgIpc) is 2.74. The maximum Gasteiger partial charge on any atom is 0.355 e. The zero-order valence-corrected chi connectivity index (χ0v) is 12.4. The molecule has 0 aliphatic carbocycles. The predicted octanol–water partition coefficient (Wildman–Crippen LogP) is 1.26. The zero-order chi connectivity index (χ0) is 14.9. The molecule has 2 heterocycles. The number of hydrogen-bond acceptors (Lipinski definition) is 6. The van der Waals surface area contributed by atoms with Gasteiger partial charge in [0.1, 0.15) is 23.1 Å². The summed E-state index contributed by atoms with van der Waals surface area (Å²) < 4.78 is 10.1. The first-order chi connectivity index (χ1) is 9.47. The Hall–Kier alpha value is -1.50. The zero-order valence-electron chi connectivity index (χ0n) is 11.6. The van der Waals surface area contributed by atoms with Crippen molar-refractivity contribution in [2.45, 2.75) is 38.7 Å². The molecule has 7 heteroatoms. The molecule has 0 saturated carbocycles. The van der Waals surface area contributed by atoms with E-state index in [4.69, 9.17) is 9.47 Å². The van der Waals surface area contributed by atoms with Crippen molar-refractivity contribution in [3.8, 4) is 0 Å². The van der Waals surface area contributed by atoms with E-state index in [1.54, 1.807) is 12.3 Å². The number of fused-ring (bicyclic) bond motifs is 1. The number of carbonyl (C=O) groups is 3. The summed E-state index contributed by atoms with van der Waals surface area (Å²) in [6, 6.07) is 0. The Balaban J connectivity index is 1.98. The highest BCUT2D eigenvalue weighted by atomic mass is 32.2. The van der Waals surface area contributed by atoms with Crippen LogP contribution in [0.5, 0.6) is 0 Å². The molecule has 6 nitrogen and oxygen atoms in total. The number of hydrogen-bond donors (Lipinski definition) is 0. The molecular weight excluding hydrogens is 282 g/mol. The number of thioether (sulfide) groups is 1. The van der Waals surface area contributed by atoms with E-state index in [0.29, 0.717) is 6.61 Å². The minimum absolute atomic E-state index is 0.180. The molecule has 0 N–H and O–H groups in total. The Morgan fingerprint density at radius 2 is 2.20 bits per heavy atom. The average molecular weight is 299 g/mol. The summed E-state index contributed by atoms with van der Waals surface area (Å²) in [6.07, 6.45) is 0.239. The van der Waals surface area contributed by atoms with Crippen LogP contribution in [0.15, 0.2) is 11.1 Å². The molecule has 2 aliphatic rings. The van der Waals surface area contributed by atoms with Gasteiger partial charge in [-0.1, -0.05) is 6.92 Å². The van der Waals surface area contributed by atoms with E-state index in [0.717, 1.165) is 6.42 Å². The second-order valence-electron chi connectivity index (χ2n) is 4.71. The molecule has 0 spiro atoms. The molecule has 1 fully saturated rings. The lowest BCUT2D eigenvalue weighted by molar-refractivity contribution is -0.166. The number of ether oxygens (including phenoxy) is 2. The van der Waals surface area contributed by atoms with Crippen LogP contribution >= 0.6 is 11.8 Å². The molecule has 0 bridgehead atoms. The molecule has 1 amide bonds. The van der Waals surface area contributed by atoms with Crippen molar-refractivity contribution in [2.75, 3.05) is 6.61 Å². The molecule has 1 saturated heterocycles. The van der Waals surface area contributed by atoms with E-state index in [9.17, 15) is 14.4 Å². The van der Waals surface area contributed by atoms with Crippen LogP contribution in [0.2, 0.25) is 0 Å². The van der Waals surface area contributed by atoms with Crippen LogP contribution in [0.3, 0.4) is 0 Å². The van der Waals surface area contributed by atoms with Gasteiger partial charge in [0.15, 0.2) is 0 Å². The monoisotopic (exact) mass is 299 g/mol. The topological polar surface area (TPSA) is 72.9 Å². The van der Waals surface area contributed by atoms with Gasteiger partial charge < -0.3 is 9.47 Å². The molecule has 2 aliphatic heterocycles. The first-order valence-electron chi connectivity index (χ1n) is 6.50. The van der Waals surface area contributed by atoms with Crippen LogP contribution < -0.4 is 0 Å². The summed E-state index contributed by atoms with van der Waals surface area (Å²) in [5.41, 5.74) is 0.282. The van der Waals surface area contributed by atoms with Crippen LogP contribution in [0.1, 0.15) is 27.2 Å². The van der Waals surface area contributed by atoms with Crippen molar-refractivity contribution in [3.63, 3.8) is 0 Å². The Morgan fingerprint density at radius 3 is 2.80 bits per heavy atom. The Morgan fingerprint density at radius 1 is 1.50 bits per heavy atom. The highest BCUT2D eigenvalue weighted by molar-refractivity contribution is 8.03. The van der Waals surface area contributed by atoms with Gasteiger partial charge in [0.25, 0.3) is 0 Å². The minimum atomic E-state index is -0.492. The third-order valence-electron chi connectivity index (χ3n) is 3.17. The highest BCUT2D eigenvalue weighted by Gasteiger charge is 2.56. The highest BCUT2D eigenvalue weighted by Crippen LogP contribution is 2.46. The van der Waals surface area contributed by atoms with E-state index >= 15 is 0 Å². The van der Waals surface area contributed by atoms with Crippen LogP contribution in [0.4, 0.5) is 0 Å². The van der Waals surface area contributed by atoms with Crippen LogP contribution in [-0.2, 0) is 23.9 Å². The maximum atomic E-state index is 12.1. The number of amides is 1. The van der Waals surface area contributed by atoms with Crippen molar-refractivity contribution in [1.29, 1.82) is 0 Å². The number of carbonyl (C=O) groups excluding carboxylic acids is 3. The maximum absolute atomic E-state index is 12.1. The van der Waals surface area contributed by atoms with E-state index in [2.05, 4.69) is 0 Å². The van der Waals surface area contributed by atoms with Crippen LogP contribution in [0, 0.1) is 5.92 Å². The second kappa shape index (κ2) is 5.87. The summed E-state index contributed by atoms with van der Waals surface area (Å²) in [4.78, 5) is 36.3. The van der Waals surface area contributed by atoms with Gasteiger partial charge in [-0.25, -0.2) is 4.79 Å². The molecule has 3 atom stereocenters. The molecule has 0 aromatic rings. The summed E-state index contributed by atoms with van der Waals surface area (Å²) in [6.45, 7) is 5.24. The SMILES string of the molecule is CCCOC(=O)C1=CSC2C(C(C)OC(C)=O)C(=O)N12. The summed E-state index contributed by atoms with van der Waals surface area (Å²) >= 11 is 1.38. The van der Waals surface area contributed by atoms with Gasteiger partial charge in [-0.3, -0.25) is 14.5 Å². The van der Waals surface area contributed by atoms with Gasteiger partial charge in [0.05, 0.1) is 6.61 Å². The lowest BCUT2D eigenvalue weighted by Gasteiger charge is -2.44. The van der Waals surface area contributed by atoms with Crippen molar-refractivity contribution >= 4 is 29.6 Å². The summed E-state index contributed by atoms with van der Waals surface area (Å²) in [7, 11) is 0. The van der Waals surface area contributed by atoms with Gasteiger partial charge >= 0.3 is 11.9 Å². The van der Waals surface area contributed by atoms with Gasteiger partial charge in [-0.2, -0.15) is 0 Å². The molecule has 0 radical (unpaired) electrons. The van der Waals surface area contributed by atoms with Crippen molar-refractivity contribution in [1.82, 2.24) is 4.90 Å². The molecule has 110 valence electrons. The fraction of sp³-hybridized carbons (Fsp3) is 0.615. The fourth-order valence-electron chi connectivity index (χ4n) is 2.26. The Kier molecular flexibility index (Phi) is 4.37. The number of rotatable bonds is 5. The van der Waals surface area contributed by atoms with Gasteiger partial charge in [0, 0.05) is 12.3 Å². The molecule has 20 heavy (non-hydrogen) atoms. The lowest BCUT2D eigenvalue weighted by Crippen LogP contribution is -2.61. The first-order valence-corrected chi connectivity index (χ1v) is 7.44. The Bertz CT molecular complexity index is 475. The number of β-lactam (4-membered cyclic amide) rings is 1. The Labute approximate surface area is 121 Å². The second-order valence-corrected chi connectivity index (χ2v) is 5.71. The summed E-state index contributed by atoms with van der Waals surface area (Å²) in [5.74, 6) is -1.50. The molecule has 0 aromatic carbocycles. The molecule has 2 rings (SSSR count). The minimum Gasteiger partial charge on any atom is -0.462 e. The molecule has 0 aromatic heterocycles. The van der Waals surface area contributed by atoms with E-state index in [1.807, 2.05) is 6.92 Å². The number of nitrogens with zero attached hydrogens (tertiary/aromatic N) is 1. The largest absolute Gasteiger partial charge is 0.462 e. The van der Waals surface area contributed by atoms with Crippen molar-refractivity contribution in [3.05, 3.63) is 11.1 Å². The van der Waals surface area contributed by atoms with E-state index in [1.165, 1.54) is 23.6 Å². The lowest BCUT2D eigenvalue weighted by atomic mass is 9.92. The van der Waals surface area contributed by atoms with Crippen molar-refractivity contribution < 1.29 is 23.9 Å². The third-order valence-corrected chi connectivity index (χ3v) is 4.31. The number of esters is 2. The summed E-state index contributed by atoms with van der Waals surface area (Å²) in [5, 5.41) is 1.46. The molecule has 3 unspecified atom stereocenters. The van der Waals surface area contributed by atoms with Crippen LogP contribution in [0.25, 0.3) is 0 Å². The van der Waals surface area contributed by atoms with E-state index < -0.39 is 24.0 Å². The third kappa shape index (κ3) is 2.54. The quantitative estimate of drug-likeness (QED) is 0.562. The van der Waals surface area contributed by atoms with Gasteiger partial charge in [-0.05, 0) is 13.3 Å². The van der Waals surface area contributed by atoms with Gasteiger partial charge in [0.2, 0.25) is 5.91 Å².